The van der Waals surface area contributed by atoms with E-state index < -0.39 is 0 Å². The first kappa shape index (κ1) is 12.9. The van der Waals surface area contributed by atoms with Crippen LogP contribution >= 0.6 is 0 Å². The van der Waals surface area contributed by atoms with Crippen molar-refractivity contribution in [3.63, 3.8) is 0 Å². The number of hydrogen-bond acceptors (Lipinski definition) is 2. The molecule has 0 aromatic carbocycles. The molecule has 3 aliphatic carbocycles. The summed E-state index contributed by atoms with van der Waals surface area (Å²) < 4.78 is 0. The van der Waals surface area contributed by atoms with Gasteiger partial charge >= 0.3 is 0 Å². The Hall–Kier alpha value is -0.0800. The third kappa shape index (κ3) is 2.60. The monoisotopic (exact) mass is 250 g/mol. The zero-order valence-electron chi connectivity index (χ0n) is 12.2. The number of nitrogens with two attached hydrogens (primary N) is 1. The van der Waals surface area contributed by atoms with Gasteiger partial charge in [0.15, 0.2) is 0 Å². The van der Waals surface area contributed by atoms with Gasteiger partial charge in [0.2, 0.25) is 0 Å². The summed E-state index contributed by atoms with van der Waals surface area (Å²) in [6.45, 7) is 8.32. The average Bonchev–Trinajstić information content (AvgIpc) is 3.10. The largest absolute Gasteiger partial charge is 0.329 e. The lowest BCUT2D eigenvalue weighted by molar-refractivity contribution is -0.0402. The van der Waals surface area contributed by atoms with Crippen LogP contribution in [0.5, 0.6) is 0 Å². The third-order valence-electron chi connectivity index (χ3n) is 5.63. The Labute approximate surface area is 112 Å². The predicted molar refractivity (Wildman–Crippen MR) is 76.4 cm³/mol. The summed E-state index contributed by atoms with van der Waals surface area (Å²) in [6.07, 6.45) is 8.59. The predicted octanol–water partition coefficient (Wildman–Crippen LogP) is 2.87. The van der Waals surface area contributed by atoms with Gasteiger partial charge in [-0.15, -0.1) is 0 Å². The topological polar surface area (TPSA) is 29.3 Å². The van der Waals surface area contributed by atoms with Crippen LogP contribution in [0.4, 0.5) is 0 Å². The second-order valence-electron chi connectivity index (χ2n) is 7.63. The van der Waals surface area contributed by atoms with Crippen molar-refractivity contribution in [2.75, 3.05) is 19.6 Å². The molecule has 0 aromatic heterocycles. The molecule has 0 bridgehead atoms. The third-order valence-corrected chi connectivity index (χ3v) is 5.63. The SMILES string of the molecule is CC(C)C1CC(CN)(N(CC2CC2)CC2CC2)C1. The molecular weight excluding hydrogens is 220 g/mol. The zero-order valence-corrected chi connectivity index (χ0v) is 12.2. The molecule has 0 heterocycles. The van der Waals surface area contributed by atoms with Crippen LogP contribution in [-0.2, 0) is 0 Å². The van der Waals surface area contributed by atoms with Crippen molar-refractivity contribution in [1.82, 2.24) is 4.90 Å². The fraction of sp³-hybridized carbons (Fsp3) is 1.00. The molecule has 0 aliphatic heterocycles. The highest BCUT2D eigenvalue weighted by molar-refractivity contribution is 5.05. The van der Waals surface area contributed by atoms with Crippen molar-refractivity contribution in [3.8, 4) is 0 Å². The summed E-state index contributed by atoms with van der Waals surface area (Å²) in [5.41, 5.74) is 6.57. The van der Waals surface area contributed by atoms with E-state index in [0.717, 1.165) is 30.2 Å². The smallest absolute Gasteiger partial charge is 0.0337 e. The highest BCUT2D eigenvalue weighted by Gasteiger charge is 2.50. The van der Waals surface area contributed by atoms with E-state index in [1.807, 2.05) is 0 Å². The first-order chi connectivity index (χ1) is 8.63. The molecule has 0 unspecified atom stereocenters. The summed E-state index contributed by atoms with van der Waals surface area (Å²) in [4.78, 5) is 2.82. The maximum atomic E-state index is 6.18. The zero-order chi connectivity index (χ0) is 12.8. The van der Waals surface area contributed by atoms with Crippen LogP contribution in [0, 0.1) is 23.7 Å². The van der Waals surface area contributed by atoms with Gasteiger partial charge in [-0.1, -0.05) is 13.8 Å². The normalized spacial score (nSPS) is 36.2. The van der Waals surface area contributed by atoms with Gasteiger partial charge in [-0.2, -0.15) is 0 Å². The molecule has 3 saturated carbocycles. The summed E-state index contributed by atoms with van der Waals surface area (Å²) in [6, 6.07) is 0. The van der Waals surface area contributed by atoms with Crippen LogP contribution in [0.25, 0.3) is 0 Å². The lowest BCUT2D eigenvalue weighted by Gasteiger charge is -2.55. The Bertz CT molecular complexity index is 271. The summed E-state index contributed by atoms with van der Waals surface area (Å²) in [7, 11) is 0. The van der Waals surface area contributed by atoms with Crippen molar-refractivity contribution in [3.05, 3.63) is 0 Å². The fourth-order valence-electron chi connectivity index (χ4n) is 3.63. The first-order valence-corrected chi connectivity index (χ1v) is 8.08. The lowest BCUT2D eigenvalue weighted by atomic mass is 9.63. The summed E-state index contributed by atoms with van der Waals surface area (Å²) in [5, 5.41) is 0. The highest BCUT2D eigenvalue weighted by atomic mass is 15.2. The van der Waals surface area contributed by atoms with Crippen LogP contribution < -0.4 is 5.73 Å². The minimum Gasteiger partial charge on any atom is -0.329 e. The number of nitrogens with zero attached hydrogens (tertiary/aromatic N) is 1. The van der Waals surface area contributed by atoms with Gasteiger partial charge in [-0.25, -0.2) is 0 Å². The van der Waals surface area contributed by atoms with Gasteiger partial charge in [0.05, 0.1) is 0 Å². The van der Waals surface area contributed by atoms with Gasteiger partial charge in [0.25, 0.3) is 0 Å². The lowest BCUT2D eigenvalue weighted by Crippen LogP contribution is -2.63. The molecule has 0 amide bonds. The molecule has 3 aliphatic rings. The minimum absolute atomic E-state index is 0.389. The van der Waals surface area contributed by atoms with Crippen molar-refractivity contribution in [2.45, 2.75) is 57.9 Å². The average molecular weight is 250 g/mol. The van der Waals surface area contributed by atoms with Crippen LogP contribution in [-0.4, -0.2) is 30.1 Å². The van der Waals surface area contributed by atoms with E-state index in [4.69, 9.17) is 5.73 Å². The van der Waals surface area contributed by atoms with Crippen LogP contribution in [0.3, 0.4) is 0 Å². The van der Waals surface area contributed by atoms with E-state index in [1.54, 1.807) is 0 Å². The summed E-state index contributed by atoms with van der Waals surface area (Å²) >= 11 is 0. The maximum absolute atomic E-state index is 6.18. The highest BCUT2D eigenvalue weighted by Crippen LogP contribution is 2.48. The van der Waals surface area contributed by atoms with Crippen LogP contribution in [0.15, 0.2) is 0 Å². The Kier molecular flexibility index (Phi) is 3.44. The Morgan fingerprint density at radius 2 is 1.56 bits per heavy atom. The standard InChI is InChI=1S/C16H30N2/c1-12(2)15-7-16(8-15,11-17)18(9-13-3-4-13)10-14-5-6-14/h12-15H,3-11,17H2,1-2H3. The molecule has 0 spiro atoms. The molecule has 104 valence electrons. The molecule has 3 fully saturated rings. The molecule has 18 heavy (non-hydrogen) atoms. The van der Waals surface area contributed by atoms with Gasteiger partial charge in [0.1, 0.15) is 0 Å². The molecule has 2 heteroatoms. The van der Waals surface area contributed by atoms with E-state index in [2.05, 4.69) is 18.7 Å². The molecule has 0 radical (unpaired) electrons. The first-order valence-electron chi connectivity index (χ1n) is 8.08. The van der Waals surface area contributed by atoms with E-state index in [1.165, 1.54) is 51.6 Å². The van der Waals surface area contributed by atoms with E-state index in [9.17, 15) is 0 Å². The van der Waals surface area contributed by atoms with Crippen molar-refractivity contribution in [1.29, 1.82) is 0 Å². The molecule has 0 saturated heterocycles. The van der Waals surface area contributed by atoms with Gasteiger partial charge in [-0.05, 0) is 62.2 Å². The van der Waals surface area contributed by atoms with Crippen LogP contribution in [0.1, 0.15) is 52.4 Å². The van der Waals surface area contributed by atoms with Gasteiger partial charge < -0.3 is 5.73 Å². The van der Waals surface area contributed by atoms with E-state index in [0.29, 0.717) is 5.54 Å². The number of rotatable bonds is 7. The van der Waals surface area contributed by atoms with E-state index >= 15 is 0 Å². The molecule has 2 nitrogen and oxygen atoms in total. The Morgan fingerprint density at radius 3 is 1.89 bits per heavy atom. The molecule has 0 aromatic rings. The van der Waals surface area contributed by atoms with Crippen LogP contribution in [0.2, 0.25) is 0 Å². The fourth-order valence-corrected chi connectivity index (χ4v) is 3.63. The second-order valence-corrected chi connectivity index (χ2v) is 7.63. The molecule has 0 atom stereocenters. The van der Waals surface area contributed by atoms with Crippen molar-refractivity contribution < 1.29 is 0 Å². The van der Waals surface area contributed by atoms with Crippen molar-refractivity contribution >= 4 is 0 Å². The second kappa shape index (κ2) is 4.79. The van der Waals surface area contributed by atoms with Gasteiger partial charge in [-0.3, -0.25) is 4.90 Å². The maximum Gasteiger partial charge on any atom is 0.0337 e. The molecule has 2 N–H and O–H groups in total. The van der Waals surface area contributed by atoms with Gasteiger partial charge in [0, 0.05) is 25.2 Å². The number of hydrogen-bond donors (Lipinski definition) is 1. The molecule has 3 rings (SSSR count). The van der Waals surface area contributed by atoms with E-state index in [-0.39, 0.29) is 0 Å². The summed E-state index contributed by atoms with van der Waals surface area (Å²) in [5.74, 6) is 3.78. The Morgan fingerprint density at radius 1 is 1.06 bits per heavy atom. The molecular formula is C16H30N2. The quantitative estimate of drug-likeness (QED) is 0.753. The van der Waals surface area contributed by atoms with Crippen molar-refractivity contribution in [2.24, 2.45) is 29.4 Å². The Balaban J connectivity index is 1.62. The minimum atomic E-state index is 0.389.